The second kappa shape index (κ2) is 7.44. The van der Waals surface area contributed by atoms with Crippen LogP contribution in [0.2, 0.25) is 0 Å². The third-order valence-corrected chi connectivity index (χ3v) is 9.27. The monoisotopic (exact) mass is 499 g/mol. The standard InChI is InChI=1S/C36H21NS/c1-2-10-23-20-32-31(19-22(23)9-1)35-28-14-5-3-11-25(28)26-12-4-6-15-29(26)36(35)37(32)24-17-18-34-30(21-24)27-13-7-8-16-33(27)38-34/h1-21H. The zero-order valence-corrected chi connectivity index (χ0v) is 21.3. The first-order valence-corrected chi connectivity index (χ1v) is 13.8. The predicted octanol–water partition coefficient (Wildman–Crippen LogP) is 10.6. The summed E-state index contributed by atoms with van der Waals surface area (Å²) >= 11 is 1.87. The molecule has 9 aromatic rings. The maximum absolute atomic E-state index is 2.51. The molecular weight excluding hydrogens is 478 g/mol. The molecule has 0 saturated carbocycles. The van der Waals surface area contributed by atoms with Crippen molar-refractivity contribution in [3.8, 4) is 5.69 Å². The predicted molar refractivity (Wildman–Crippen MR) is 166 cm³/mol. The van der Waals surface area contributed by atoms with E-state index in [0.29, 0.717) is 0 Å². The van der Waals surface area contributed by atoms with Crippen LogP contribution in [0.15, 0.2) is 127 Å². The molecule has 1 nitrogen and oxygen atoms in total. The Morgan fingerprint density at radius 2 is 1.03 bits per heavy atom. The average molecular weight is 500 g/mol. The molecule has 0 unspecified atom stereocenters. The van der Waals surface area contributed by atoms with E-state index in [9.17, 15) is 0 Å². The maximum atomic E-state index is 2.51. The molecule has 2 aromatic heterocycles. The van der Waals surface area contributed by atoms with Crippen molar-refractivity contribution in [3.05, 3.63) is 127 Å². The summed E-state index contributed by atoms with van der Waals surface area (Å²) in [4.78, 5) is 0. The van der Waals surface area contributed by atoms with Gasteiger partial charge in [-0.3, -0.25) is 0 Å². The van der Waals surface area contributed by atoms with E-state index in [4.69, 9.17) is 0 Å². The van der Waals surface area contributed by atoms with Gasteiger partial charge in [-0.2, -0.15) is 0 Å². The fourth-order valence-electron chi connectivity index (χ4n) is 6.48. The quantitative estimate of drug-likeness (QED) is 0.198. The summed E-state index contributed by atoms with van der Waals surface area (Å²) in [6.07, 6.45) is 0. The molecule has 0 fully saturated rings. The Morgan fingerprint density at radius 3 is 1.84 bits per heavy atom. The van der Waals surface area contributed by atoms with Crippen LogP contribution in [0.1, 0.15) is 0 Å². The van der Waals surface area contributed by atoms with Crippen LogP contribution >= 0.6 is 11.3 Å². The fraction of sp³-hybridized carbons (Fsp3) is 0. The Balaban J connectivity index is 1.56. The molecule has 176 valence electrons. The Kier molecular flexibility index (Phi) is 3.99. The second-order valence-corrected chi connectivity index (χ2v) is 11.2. The SMILES string of the molecule is c1ccc2cc3c(cc2c1)c1c2ccccc2c2ccccc2c1n3-c1ccc2sc3ccccc3c2c1. The smallest absolute Gasteiger partial charge is 0.0625 e. The van der Waals surface area contributed by atoms with E-state index < -0.39 is 0 Å². The number of thiophene rings is 1. The van der Waals surface area contributed by atoms with Crippen LogP contribution in [0.5, 0.6) is 0 Å². The molecule has 0 bridgehead atoms. The highest BCUT2D eigenvalue weighted by atomic mass is 32.1. The van der Waals surface area contributed by atoms with Crippen LogP contribution in [0.25, 0.3) is 80.0 Å². The number of nitrogens with zero attached hydrogens (tertiary/aromatic N) is 1. The Bertz CT molecular complexity index is 2400. The van der Waals surface area contributed by atoms with E-state index in [2.05, 4.69) is 132 Å². The fourth-order valence-corrected chi connectivity index (χ4v) is 7.57. The third kappa shape index (κ3) is 2.65. The van der Waals surface area contributed by atoms with Crippen LogP contribution in [-0.4, -0.2) is 4.57 Å². The first kappa shape index (κ1) is 20.4. The largest absolute Gasteiger partial charge is 0.309 e. The average Bonchev–Trinajstić information content (AvgIpc) is 3.51. The first-order valence-electron chi connectivity index (χ1n) is 13.0. The lowest BCUT2D eigenvalue weighted by molar-refractivity contribution is 1.20. The molecule has 0 aliphatic carbocycles. The number of fused-ring (bicyclic) bond motifs is 12. The third-order valence-electron chi connectivity index (χ3n) is 8.12. The summed E-state index contributed by atoms with van der Waals surface area (Å²) in [5.74, 6) is 0. The summed E-state index contributed by atoms with van der Waals surface area (Å²) in [6.45, 7) is 0. The van der Waals surface area contributed by atoms with Crippen molar-refractivity contribution in [2.24, 2.45) is 0 Å². The van der Waals surface area contributed by atoms with Crippen LogP contribution in [0.4, 0.5) is 0 Å². The summed E-state index contributed by atoms with van der Waals surface area (Å²) in [5, 5.41) is 13.0. The molecule has 0 saturated heterocycles. The number of rotatable bonds is 1. The highest BCUT2D eigenvalue weighted by Crippen LogP contribution is 2.44. The lowest BCUT2D eigenvalue weighted by atomic mass is 9.96. The topological polar surface area (TPSA) is 4.93 Å². The van der Waals surface area contributed by atoms with Gasteiger partial charge >= 0.3 is 0 Å². The zero-order valence-electron chi connectivity index (χ0n) is 20.5. The van der Waals surface area contributed by atoms with E-state index in [0.717, 1.165) is 0 Å². The number of hydrogen-bond acceptors (Lipinski definition) is 1. The van der Waals surface area contributed by atoms with Crippen molar-refractivity contribution in [1.82, 2.24) is 4.57 Å². The van der Waals surface area contributed by atoms with E-state index in [-0.39, 0.29) is 0 Å². The van der Waals surface area contributed by atoms with Gasteiger partial charge < -0.3 is 4.57 Å². The first-order chi connectivity index (χ1) is 18.8. The second-order valence-electron chi connectivity index (χ2n) is 10.1. The highest BCUT2D eigenvalue weighted by Gasteiger charge is 2.20. The van der Waals surface area contributed by atoms with Gasteiger partial charge in [-0.05, 0) is 63.3 Å². The molecule has 0 spiro atoms. The van der Waals surface area contributed by atoms with Gasteiger partial charge in [-0.15, -0.1) is 11.3 Å². The van der Waals surface area contributed by atoms with Gasteiger partial charge in [0, 0.05) is 42.0 Å². The maximum Gasteiger partial charge on any atom is 0.0625 e. The van der Waals surface area contributed by atoms with Gasteiger partial charge in [0.25, 0.3) is 0 Å². The van der Waals surface area contributed by atoms with Gasteiger partial charge in [0.15, 0.2) is 0 Å². The van der Waals surface area contributed by atoms with Crippen LogP contribution in [-0.2, 0) is 0 Å². The van der Waals surface area contributed by atoms with Gasteiger partial charge in [0.05, 0.1) is 11.0 Å². The van der Waals surface area contributed by atoms with Crippen molar-refractivity contribution in [2.45, 2.75) is 0 Å². The summed E-state index contributed by atoms with van der Waals surface area (Å²) in [7, 11) is 0. The van der Waals surface area contributed by atoms with Crippen molar-refractivity contribution in [2.75, 3.05) is 0 Å². The molecule has 9 rings (SSSR count). The molecule has 0 amide bonds. The Labute approximate surface area is 222 Å². The van der Waals surface area contributed by atoms with Crippen molar-refractivity contribution in [3.63, 3.8) is 0 Å². The summed E-state index contributed by atoms with van der Waals surface area (Å²) in [6, 6.07) is 47.0. The Morgan fingerprint density at radius 1 is 0.421 bits per heavy atom. The van der Waals surface area contributed by atoms with E-state index in [1.54, 1.807) is 0 Å². The molecule has 0 aliphatic rings. The van der Waals surface area contributed by atoms with Gasteiger partial charge in [-0.25, -0.2) is 0 Å². The van der Waals surface area contributed by atoms with Crippen LogP contribution in [0.3, 0.4) is 0 Å². The number of hydrogen-bond donors (Lipinski definition) is 0. The van der Waals surface area contributed by atoms with Gasteiger partial charge in [0.2, 0.25) is 0 Å². The molecular formula is C36H21NS. The molecule has 38 heavy (non-hydrogen) atoms. The van der Waals surface area contributed by atoms with E-state index in [1.165, 1.54) is 80.0 Å². The molecule has 2 heterocycles. The molecule has 2 heteroatoms. The lowest BCUT2D eigenvalue weighted by Crippen LogP contribution is -1.95. The Hall–Kier alpha value is -4.66. The minimum atomic E-state index is 1.21. The summed E-state index contributed by atoms with van der Waals surface area (Å²) in [5.41, 5.74) is 3.74. The normalized spacial score (nSPS) is 12.2. The number of aromatic nitrogens is 1. The van der Waals surface area contributed by atoms with Gasteiger partial charge in [0.1, 0.15) is 0 Å². The lowest BCUT2D eigenvalue weighted by Gasteiger charge is -2.12. The van der Waals surface area contributed by atoms with E-state index in [1.807, 2.05) is 11.3 Å². The van der Waals surface area contributed by atoms with E-state index >= 15 is 0 Å². The number of benzene rings is 7. The van der Waals surface area contributed by atoms with Crippen molar-refractivity contribution < 1.29 is 0 Å². The van der Waals surface area contributed by atoms with Crippen molar-refractivity contribution in [1.29, 1.82) is 0 Å². The van der Waals surface area contributed by atoms with Crippen molar-refractivity contribution >= 4 is 85.6 Å². The summed E-state index contributed by atoms with van der Waals surface area (Å²) < 4.78 is 5.18. The molecule has 0 N–H and O–H groups in total. The zero-order chi connectivity index (χ0) is 24.8. The molecule has 7 aromatic carbocycles. The van der Waals surface area contributed by atoms with Crippen LogP contribution in [0, 0.1) is 0 Å². The van der Waals surface area contributed by atoms with Gasteiger partial charge in [-0.1, -0.05) is 91.0 Å². The van der Waals surface area contributed by atoms with Crippen LogP contribution < -0.4 is 0 Å². The highest BCUT2D eigenvalue weighted by molar-refractivity contribution is 7.25. The molecule has 0 aliphatic heterocycles. The minimum Gasteiger partial charge on any atom is -0.309 e. The minimum absolute atomic E-state index is 1.21. The molecule has 0 radical (unpaired) electrons. The molecule has 0 atom stereocenters.